The van der Waals surface area contributed by atoms with Crippen molar-refractivity contribution >= 4 is 0 Å². The van der Waals surface area contributed by atoms with E-state index >= 15 is 0 Å². The smallest absolute Gasteiger partial charge is 0.0971 e. The maximum Gasteiger partial charge on any atom is 0.0971 e. The summed E-state index contributed by atoms with van der Waals surface area (Å²) < 4.78 is 12.7. The Labute approximate surface area is 87.2 Å². The van der Waals surface area contributed by atoms with Gasteiger partial charge in [-0.1, -0.05) is 26.0 Å². The van der Waals surface area contributed by atoms with Gasteiger partial charge in [0.1, 0.15) is 0 Å². The summed E-state index contributed by atoms with van der Waals surface area (Å²) in [5.41, 5.74) is 3.21. The van der Waals surface area contributed by atoms with E-state index in [2.05, 4.69) is 20.4 Å². The molecule has 0 heterocycles. The summed E-state index contributed by atoms with van der Waals surface area (Å²) in [6, 6.07) is 0. The van der Waals surface area contributed by atoms with Crippen molar-refractivity contribution in [1.82, 2.24) is 0 Å². The van der Waals surface area contributed by atoms with Crippen molar-refractivity contribution in [3.05, 3.63) is 35.2 Å². The van der Waals surface area contributed by atoms with Crippen molar-refractivity contribution in [3.8, 4) is 0 Å². The van der Waals surface area contributed by atoms with Crippen LogP contribution in [0.1, 0.15) is 41.0 Å². The van der Waals surface area contributed by atoms with E-state index in [1.165, 1.54) is 12.5 Å². The molecule has 1 heteroatoms. The molecule has 0 aromatic heterocycles. The zero-order valence-electron chi connectivity index (χ0n) is 9.95. The van der Waals surface area contributed by atoms with Crippen molar-refractivity contribution in [1.29, 1.82) is 0 Å². The van der Waals surface area contributed by atoms with Crippen LogP contribution in [-0.4, -0.2) is 0 Å². The van der Waals surface area contributed by atoms with Crippen LogP contribution in [0.15, 0.2) is 35.2 Å². The van der Waals surface area contributed by atoms with Gasteiger partial charge >= 0.3 is 0 Å². The highest BCUT2D eigenvalue weighted by molar-refractivity contribution is 5.38. The third kappa shape index (κ3) is 3.91. The Morgan fingerprint density at radius 1 is 1.36 bits per heavy atom. The zero-order chi connectivity index (χ0) is 11.3. The van der Waals surface area contributed by atoms with E-state index in [1.54, 1.807) is 6.08 Å². The fourth-order valence-electron chi connectivity index (χ4n) is 1.73. The summed E-state index contributed by atoms with van der Waals surface area (Å²) in [4.78, 5) is 0. The number of hydrogen-bond acceptors (Lipinski definition) is 0. The predicted octanol–water partition coefficient (Wildman–Crippen LogP) is 4.80. The van der Waals surface area contributed by atoms with E-state index in [4.69, 9.17) is 0 Å². The monoisotopic (exact) mass is 196 g/mol. The van der Waals surface area contributed by atoms with E-state index < -0.39 is 0 Å². The van der Waals surface area contributed by atoms with E-state index in [0.717, 1.165) is 17.6 Å². The second-order valence-corrected chi connectivity index (χ2v) is 3.92. The number of allylic oxidation sites excluding steroid dienone is 5. The van der Waals surface area contributed by atoms with Gasteiger partial charge in [0.05, 0.1) is 5.83 Å². The van der Waals surface area contributed by atoms with Gasteiger partial charge in [0, 0.05) is 0 Å². The first-order valence-corrected chi connectivity index (χ1v) is 5.10. The third-order valence-electron chi connectivity index (χ3n) is 2.41. The van der Waals surface area contributed by atoms with Crippen molar-refractivity contribution < 1.29 is 4.39 Å². The standard InChI is InChI=1S/C13H21F/c1-7-10(4)13(9(2)3)11(5)8-12(6)14/h8,10H,2,7H2,1,3-6H3/b12-8+,13-11+. The Hall–Kier alpha value is -0.850. The molecular formula is C13H21F. The molecule has 0 nitrogen and oxygen atoms in total. The van der Waals surface area contributed by atoms with E-state index in [1.807, 2.05) is 13.8 Å². The van der Waals surface area contributed by atoms with Gasteiger partial charge in [-0.3, -0.25) is 0 Å². The lowest BCUT2D eigenvalue weighted by atomic mass is 9.89. The lowest BCUT2D eigenvalue weighted by molar-refractivity contribution is 0.634. The van der Waals surface area contributed by atoms with Crippen LogP contribution in [0.2, 0.25) is 0 Å². The van der Waals surface area contributed by atoms with Gasteiger partial charge in [-0.05, 0) is 50.3 Å². The minimum Gasteiger partial charge on any atom is -0.212 e. The van der Waals surface area contributed by atoms with E-state index in [0.29, 0.717) is 5.92 Å². The predicted molar refractivity (Wildman–Crippen MR) is 61.8 cm³/mol. The molecule has 0 aromatic rings. The summed E-state index contributed by atoms with van der Waals surface area (Å²) in [5.74, 6) is 0.299. The molecule has 0 radical (unpaired) electrons. The van der Waals surface area contributed by atoms with Crippen LogP contribution in [-0.2, 0) is 0 Å². The quantitative estimate of drug-likeness (QED) is 0.567. The molecule has 0 amide bonds. The largest absolute Gasteiger partial charge is 0.212 e. The van der Waals surface area contributed by atoms with Crippen molar-refractivity contribution in [2.24, 2.45) is 5.92 Å². The topological polar surface area (TPSA) is 0 Å². The second-order valence-electron chi connectivity index (χ2n) is 3.92. The number of rotatable bonds is 4. The SMILES string of the molecule is C=C(C)/C(=C(C)\C=C(/C)F)C(C)CC. The van der Waals surface area contributed by atoms with E-state index in [-0.39, 0.29) is 5.83 Å². The highest BCUT2D eigenvalue weighted by Gasteiger charge is 2.09. The minimum atomic E-state index is -0.149. The van der Waals surface area contributed by atoms with Gasteiger partial charge in [-0.15, -0.1) is 0 Å². The Morgan fingerprint density at radius 2 is 1.86 bits per heavy atom. The molecule has 0 saturated heterocycles. The molecule has 0 spiro atoms. The molecular weight excluding hydrogens is 175 g/mol. The first-order chi connectivity index (χ1) is 6.40. The van der Waals surface area contributed by atoms with Crippen LogP contribution < -0.4 is 0 Å². The molecule has 14 heavy (non-hydrogen) atoms. The molecule has 0 aliphatic rings. The first kappa shape index (κ1) is 13.2. The molecule has 1 atom stereocenters. The molecule has 0 aliphatic heterocycles. The summed E-state index contributed by atoms with van der Waals surface area (Å²) in [5, 5.41) is 0. The van der Waals surface area contributed by atoms with Crippen molar-refractivity contribution in [2.75, 3.05) is 0 Å². The van der Waals surface area contributed by atoms with Crippen molar-refractivity contribution in [2.45, 2.75) is 41.0 Å². The van der Waals surface area contributed by atoms with Gasteiger partial charge in [0.2, 0.25) is 0 Å². The second kappa shape index (κ2) is 5.79. The fraction of sp³-hybridized carbons (Fsp3) is 0.538. The molecule has 0 N–H and O–H groups in total. The highest BCUT2D eigenvalue weighted by Crippen LogP contribution is 2.25. The highest BCUT2D eigenvalue weighted by atomic mass is 19.1. The summed E-state index contributed by atoms with van der Waals surface area (Å²) in [6.07, 6.45) is 2.63. The molecule has 0 saturated carbocycles. The average Bonchev–Trinajstić information content (AvgIpc) is 2.01. The average molecular weight is 196 g/mol. The number of halogens is 1. The molecule has 1 unspecified atom stereocenters. The molecule has 0 bridgehead atoms. The van der Waals surface area contributed by atoms with Crippen LogP contribution >= 0.6 is 0 Å². The van der Waals surface area contributed by atoms with Gasteiger partial charge in [-0.2, -0.15) is 0 Å². The maximum absolute atomic E-state index is 12.7. The fourth-order valence-corrected chi connectivity index (χ4v) is 1.73. The first-order valence-electron chi connectivity index (χ1n) is 5.10. The van der Waals surface area contributed by atoms with Crippen LogP contribution in [0.4, 0.5) is 4.39 Å². The van der Waals surface area contributed by atoms with Crippen LogP contribution in [0.25, 0.3) is 0 Å². The normalized spacial score (nSPS) is 16.3. The van der Waals surface area contributed by atoms with Crippen LogP contribution in [0, 0.1) is 5.92 Å². The van der Waals surface area contributed by atoms with Gasteiger partial charge in [-0.25, -0.2) is 4.39 Å². The lowest BCUT2D eigenvalue weighted by Crippen LogP contribution is -2.01. The van der Waals surface area contributed by atoms with Gasteiger partial charge in [0.15, 0.2) is 0 Å². The molecule has 0 fully saturated rings. The molecule has 80 valence electrons. The third-order valence-corrected chi connectivity index (χ3v) is 2.41. The number of hydrogen-bond donors (Lipinski definition) is 0. The summed E-state index contributed by atoms with van der Waals surface area (Å²) in [6.45, 7) is 13.6. The molecule has 0 rings (SSSR count). The maximum atomic E-state index is 12.7. The zero-order valence-corrected chi connectivity index (χ0v) is 9.95. The van der Waals surface area contributed by atoms with Crippen LogP contribution in [0.3, 0.4) is 0 Å². The Bertz CT molecular complexity index is 265. The summed E-state index contributed by atoms with van der Waals surface area (Å²) >= 11 is 0. The molecule has 0 aliphatic carbocycles. The Kier molecular flexibility index (Phi) is 5.44. The van der Waals surface area contributed by atoms with E-state index in [9.17, 15) is 4.39 Å². The Morgan fingerprint density at radius 3 is 2.14 bits per heavy atom. The van der Waals surface area contributed by atoms with Gasteiger partial charge < -0.3 is 0 Å². The summed E-state index contributed by atoms with van der Waals surface area (Å²) in [7, 11) is 0. The Balaban J connectivity index is 5.16. The minimum absolute atomic E-state index is 0.149. The van der Waals surface area contributed by atoms with Crippen LogP contribution in [0.5, 0.6) is 0 Å². The van der Waals surface area contributed by atoms with Gasteiger partial charge in [0.25, 0.3) is 0 Å². The lowest BCUT2D eigenvalue weighted by Gasteiger charge is -2.16. The molecule has 0 aromatic carbocycles. The van der Waals surface area contributed by atoms with Crippen molar-refractivity contribution in [3.63, 3.8) is 0 Å².